The summed E-state index contributed by atoms with van der Waals surface area (Å²) in [6.07, 6.45) is 59.5. The van der Waals surface area contributed by atoms with Crippen LogP contribution in [0.25, 0.3) is 0 Å². The number of esters is 3. The first-order valence-corrected chi connectivity index (χ1v) is 26.1. The first-order chi connectivity index (χ1) is 30.0. The molecule has 0 aromatic heterocycles. The van der Waals surface area contributed by atoms with Crippen LogP contribution in [-0.4, -0.2) is 37.2 Å². The van der Waals surface area contributed by atoms with Crippen molar-refractivity contribution >= 4 is 17.9 Å². The second kappa shape index (κ2) is 50.0. The van der Waals surface area contributed by atoms with Crippen LogP contribution < -0.4 is 0 Å². The van der Waals surface area contributed by atoms with Crippen molar-refractivity contribution in [1.82, 2.24) is 0 Å². The zero-order valence-electron chi connectivity index (χ0n) is 40.4. The molecule has 0 aliphatic carbocycles. The van der Waals surface area contributed by atoms with Crippen LogP contribution in [0, 0.1) is 0 Å². The lowest BCUT2D eigenvalue weighted by Gasteiger charge is -2.18. The minimum absolute atomic E-state index is 0.0804. The molecule has 0 radical (unpaired) electrons. The minimum Gasteiger partial charge on any atom is -0.462 e. The van der Waals surface area contributed by atoms with E-state index >= 15 is 0 Å². The van der Waals surface area contributed by atoms with Crippen molar-refractivity contribution in [3.8, 4) is 0 Å². The molecular weight excluding hydrogens is 757 g/mol. The maximum Gasteiger partial charge on any atom is 0.306 e. The van der Waals surface area contributed by atoms with E-state index in [1.165, 1.54) is 122 Å². The fourth-order valence-corrected chi connectivity index (χ4v) is 7.39. The van der Waals surface area contributed by atoms with Crippen LogP contribution >= 0.6 is 0 Å². The SMILES string of the molecule is CC/C=C\C/C=C\C/C=C\CCCCCCCC(=O)O[C@H](COC(=O)CCCCCCC/C=C\CCCCCCCC)COC(=O)CCCCCCCCCCCCCCC. The highest BCUT2D eigenvalue weighted by atomic mass is 16.6. The van der Waals surface area contributed by atoms with E-state index in [0.717, 1.165) is 103 Å². The normalized spacial score (nSPS) is 12.4. The molecule has 354 valence electrons. The van der Waals surface area contributed by atoms with Gasteiger partial charge in [0.2, 0.25) is 0 Å². The lowest BCUT2D eigenvalue weighted by molar-refractivity contribution is -0.167. The van der Waals surface area contributed by atoms with Gasteiger partial charge in [0.1, 0.15) is 13.2 Å². The predicted octanol–water partition coefficient (Wildman–Crippen LogP) is 17.1. The Kier molecular flexibility index (Phi) is 47.9. The third-order valence-corrected chi connectivity index (χ3v) is 11.3. The van der Waals surface area contributed by atoms with E-state index in [0.29, 0.717) is 19.3 Å². The van der Waals surface area contributed by atoms with Crippen molar-refractivity contribution < 1.29 is 28.6 Å². The molecule has 0 amide bonds. The number of carbonyl (C=O) groups is 3. The summed E-state index contributed by atoms with van der Waals surface area (Å²) in [5.74, 6) is -0.898. The number of ether oxygens (including phenoxy) is 3. The Hall–Kier alpha value is -2.63. The first-order valence-electron chi connectivity index (χ1n) is 26.1. The van der Waals surface area contributed by atoms with E-state index in [4.69, 9.17) is 14.2 Å². The molecule has 0 fully saturated rings. The van der Waals surface area contributed by atoms with Gasteiger partial charge in [0.25, 0.3) is 0 Å². The van der Waals surface area contributed by atoms with Crippen LogP contribution in [0.15, 0.2) is 48.6 Å². The summed E-state index contributed by atoms with van der Waals surface area (Å²) in [7, 11) is 0. The molecule has 0 aliphatic heterocycles. The van der Waals surface area contributed by atoms with Gasteiger partial charge in [-0.2, -0.15) is 0 Å². The lowest BCUT2D eigenvalue weighted by Crippen LogP contribution is -2.30. The Bertz CT molecular complexity index is 1070. The summed E-state index contributed by atoms with van der Waals surface area (Å²) in [6, 6.07) is 0. The zero-order chi connectivity index (χ0) is 44.4. The zero-order valence-corrected chi connectivity index (χ0v) is 40.4. The topological polar surface area (TPSA) is 78.9 Å². The Morgan fingerprint density at radius 3 is 1.02 bits per heavy atom. The summed E-state index contributed by atoms with van der Waals surface area (Å²) < 4.78 is 16.8. The number of carbonyl (C=O) groups excluding carboxylic acids is 3. The molecule has 0 bridgehead atoms. The molecule has 0 rings (SSSR count). The van der Waals surface area contributed by atoms with Crippen molar-refractivity contribution in [3.63, 3.8) is 0 Å². The quantitative estimate of drug-likeness (QED) is 0.0263. The molecule has 0 saturated carbocycles. The molecule has 6 heteroatoms. The standard InChI is InChI=1S/C55H98O6/c1-4-7-10-13-16-19-22-25-27-30-33-36-39-42-45-48-54(57)60-51-52(50-59-53(56)47-44-41-38-35-32-29-24-21-18-15-12-9-6-3)61-55(58)49-46-43-40-37-34-31-28-26-23-20-17-14-11-8-5-2/h8,11,17,20,25-28,52H,4-7,9-10,12-16,18-19,21-24,29-51H2,1-3H3/b11-8-,20-17-,27-25-,28-26-/t52-/m0/s1. The number of unbranched alkanes of at least 4 members (excludes halogenated alkanes) is 28. The van der Waals surface area contributed by atoms with Gasteiger partial charge in [-0.05, 0) is 77.0 Å². The van der Waals surface area contributed by atoms with Gasteiger partial charge in [-0.1, -0.05) is 217 Å². The van der Waals surface area contributed by atoms with Crippen molar-refractivity contribution in [2.24, 2.45) is 0 Å². The predicted molar refractivity (Wildman–Crippen MR) is 261 cm³/mol. The fourth-order valence-electron chi connectivity index (χ4n) is 7.39. The van der Waals surface area contributed by atoms with E-state index in [-0.39, 0.29) is 31.1 Å². The van der Waals surface area contributed by atoms with Crippen molar-refractivity contribution in [3.05, 3.63) is 48.6 Å². The number of hydrogen-bond donors (Lipinski definition) is 0. The van der Waals surface area contributed by atoms with E-state index in [1.807, 2.05) is 0 Å². The summed E-state index contributed by atoms with van der Waals surface area (Å²) in [5.41, 5.74) is 0. The fraction of sp³-hybridized carbons (Fsp3) is 0.800. The van der Waals surface area contributed by atoms with E-state index < -0.39 is 6.10 Å². The van der Waals surface area contributed by atoms with Crippen LogP contribution in [0.2, 0.25) is 0 Å². The van der Waals surface area contributed by atoms with Crippen LogP contribution in [0.3, 0.4) is 0 Å². The number of rotatable bonds is 47. The van der Waals surface area contributed by atoms with Gasteiger partial charge in [-0.25, -0.2) is 0 Å². The maximum absolute atomic E-state index is 12.8. The molecule has 0 heterocycles. The van der Waals surface area contributed by atoms with Gasteiger partial charge in [0.15, 0.2) is 6.10 Å². The maximum atomic E-state index is 12.8. The van der Waals surface area contributed by atoms with Gasteiger partial charge >= 0.3 is 17.9 Å². The summed E-state index contributed by atoms with van der Waals surface area (Å²) in [6.45, 7) is 6.51. The third-order valence-electron chi connectivity index (χ3n) is 11.3. The van der Waals surface area contributed by atoms with Crippen molar-refractivity contribution in [2.45, 2.75) is 271 Å². The van der Waals surface area contributed by atoms with Gasteiger partial charge in [-0.3, -0.25) is 14.4 Å². The molecule has 61 heavy (non-hydrogen) atoms. The molecule has 0 unspecified atom stereocenters. The van der Waals surface area contributed by atoms with Gasteiger partial charge < -0.3 is 14.2 Å². The second-order valence-electron chi connectivity index (χ2n) is 17.4. The van der Waals surface area contributed by atoms with Crippen LogP contribution in [0.5, 0.6) is 0 Å². The largest absolute Gasteiger partial charge is 0.462 e. The van der Waals surface area contributed by atoms with E-state index in [9.17, 15) is 14.4 Å². The first kappa shape index (κ1) is 58.4. The number of allylic oxidation sites excluding steroid dienone is 8. The Morgan fingerprint density at radius 1 is 0.344 bits per heavy atom. The highest BCUT2D eigenvalue weighted by Gasteiger charge is 2.19. The molecule has 1 atom stereocenters. The summed E-state index contributed by atoms with van der Waals surface area (Å²) >= 11 is 0. The van der Waals surface area contributed by atoms with Crippen LogP contribution in [0.4, 0.5) is 0 Å². The Balaban J connectivity index is 4.40. The smallest absolute Gasteiger partial charge is 0.306 e. The molecule has 0 saturated heterocycles. The van der Waals surface area contributed by atoms with Gasteiger partial charge in [0.05, 0.1) is 0 Å². The monoisotopic (exact) mass is 855 g/mol. The number of hydrogen-bond acceptors (Lipinski definition) is 6. The molecule has 0 spiro atoms. The highest BCUT2D eigenvalue weighted by molar-refractivity contribution is 5.71. The second-order valence-corrected chi connectivity index (χ2v) is 17.4. The summed E-state index contributed by atoms with van der Waals surface area (Å²) in [4.78, 5) is 38.0. The molecule has 0 aromatic rings. The minimum atomic E-state index is -0.782. The average molecular weight is 855 g/mol. The Morgan fingerprint density at radius 2 is 0.639 bits per heavy atom. The molecule has 0 aliphatic rings. The lowest BCUT2D eigenvalue weighted by atomic mass is 10.0. The van der Waals surface area contributed by atoms with Gasteiger partial charge in [0, 0.05) is 19.3 Å². The van der Waals surface area contributed by atoms with Crippen LogP contribution in [0.1, 0.15) is 265 Å². The highest BCUT2D eigenvalue weighted by Crippen LogP contribution is 2.15. The van der Waals surface area contributed by atoms with Gasteiger partial charge in [-0.15, -0.1) is 0 Å². The van der Waals surface area contributed by atoms with E-state index in [1.54, 1.807) is 0 Å². The summed E-state index contributed by atoms with van der Waals surface area (Å²) in [5, 5.41) is 0. The van der Waals surface area contributed by atoms with E-state index in [2.05, 4.69) is 69.4 Å². The molecule has 0 N–H and O–H groups in total. The molecule has 0 aromatic carbocycles. The van der Waals surface area contributed by atoms with Crippen molar-refractivity contribution in [2.75, 3.05) is 13.2 Å². The molecular formula is C55H98O6. The Labute approximate surface area is 378 Å². The molecule has 6 nitrogen and oxygen atoms in total. The third kappa shape index (κ3) is 48.3. The van der Waals surface area contributed by atoms with Crippen molar-refractivity contribution in [1.29, 1.82) is 0 Å². The average Bonchev–Trinajstić information content (AvgIpc) is 3.26. The van der Waals surface area contributed by atoms with Crippen LogP contribution in [-0.2, 0) is 28.6 Å².